The molecule has 0 N–H and O–H groups in total. The van der Waals surface area contributed by atoms with E-state index in [1.54, 1.807) is 0 Å². The highest BCUT2D eigenvalue weighted by Crippen LogP contribution is 2.10. The number of carbonyl (C=O) groups is 1. The van der Waals surface area contributed by atoms with Crippen molar-refractivity contribution in [1.29, 1.82) is 0 Å². The van der Waals surface area contributed by atoms with Crippen molar-refractivity contribution in [2.45, 2.75) is 0 Å². The highest BCUT2D eigenvalue weighted by atomic mass is 16.3. The van der Waals surface area contributed by atoms with Gasteiger partial charge in [0.05, 0.1) is 0 Å². The molecular formula is C9H11NO. The number of benzene rings is 1. The van der Waals surface area contributed by atoms with Crippen molar-refractivity contribution in [3.8, 4) is 0 Å². The Balaban J connectivity index is 2.91. The largest absolute Gasteiger partial charge is 0.378 e. The summed E-state index contributed by atoms with van der Waals surface area (Å²) >= 11 is 0. The maximum absolute atomic E-state index is 10.3. The molecule has 0 unspecified atom stereocenters. The van der Waals surface area contributed by atoms with Gasteiger partial charge in [-0.15, -0.1) is 0 Å². The molecule has 0 saturated heterocycles. The Morgan fingerprint density at radius 1 is 1.18 bits per heavy atom. The molecule has 0 aliphatic heterocycles. The monoisotopic (exact) mass is 151 g/mol. The lowest BCUT2D eigenvalue weighted by Gasteiger charge is -2.11. The van der Waals surface area contributed by atoms with Crippen LogP contribution in [0.4, 0.5) is 5.69 Å². The molecule has 0 spiro atoms. The second-order valence-corrected chi connectivity index (χ2v) is 2.60. The van der Waals surface area contributed by atoms with Gasteiger partial charge in [-0.05, 0) is 24.3 Å². The van der Waals surface area contributed by atoms with Crippen molar-refractivity contribution in [3.05, 3.63) is 29.8 Å². The molecule has 0 heterocycles. The zero-order valence-corrected chi connectivity index (χ0v) is 6.74. The summed E-state index contributed by atoms with van der Waals surface area (Å²) in [6.45, 7) is 0. The minimum Gasteiger partial charge on any atom is -0.378 e. The maximum atomic E-state index is 10.3. The fraction of sp³-hybridized carbons (Fsp3) is 0.222. The Morgan fingerprint density at radius 3 is 2.09 bits per heavy atom. The van der Waals surface area contributed by atoms with Crippen molar-refractivity contribution in [2.75, 3.05) is 19.0 Å². The summed E-state index contributed by atoms with van der Waals surface area (Å²) in [5.41, 5.74) is 1.83. The van der Waals surface area contributed by atoms with Gasteiger partial charge in [0.1, 0.15) is 6.29 Å². The molecule has 11 heavy (non-hydrogen) atoms. The number of hydrogen-bond donors (Lipinski definition) is 0. The number of nitrogens with zero attached hydrogens (tertiary/aromatic N) is 1. The average Bonchev–Trinajstić information content (AvgIpc) is 2.05. The smallest absolute Gasteiger partial charge is 0.150 e. The van der Waals surface area contributed by atoms with Crippen LogP contribution in [-0.4, -0.2) is 20.4 Å². The zero-order valence-electron chi connectivity index (χ0n) is 6.74. The van der Waals surface area contributed by atoms with Crippen LogP contribution >= 0.6 is 0 Å². The molecule has 0 amide bonds. The van der Waals surface area contributed by atoms with Crippen molar-refractivity contribution >= 4 is 12.0 Å². The SMILES string of the molecule is CN(C)c1ccc([14CH]=O)cc1. The van der Waals surface area contributed by atoms with Crippen LogP contribution < -0.4 is 4.90 Å². The maximum Gasteiger partial charge on any atom is 0.150 e. The molecule has 0 radical (unpaired) electrons. The van der Waals surface area contributed by atoms with E-state index in [1.807, 2.05) is 43.3 Å². The Hall–Kier alpha value is -1.31. The van der Waals surface area contributed by atoms with E-state index in [1.165, 1.54) is 0 Å². The van der Waals surface area contributed by atoms with E-state index in [0.717, 1.165) is 17.5 Å². The van der Waals surface area contributed by atoms with Gasteiger partial charge < -0.3 is 4.90 Å². The molecule has 1 aromatic rings. The van der Waals surface area contributed by atoms with Gasteiger partial charge in [-0.1, -0.05) is 0 Å². The van der Waals surface area contributed by atoms with Gasteiger partial charge in [-0.2, -0.15) is 0 Å². The lowest BCUT2D eigenvalue weighted by molar-refractivity contribution is 0.112. The standard InChI is InChI=1S/C9H11NO/c1-10(2)9-5-3-8(7-11)4-6-9/h3-7H,1-2H3/i7+2. The lowest BCUT2D eigenvalue weighted by atomic mass is 10.3. The van der Waals surface area contributed by atoms with Crippen LogP contribution in [0.2, 0.25) is 0 Å². The van der Waals surface area contributed by atoms with Crippen molar-refractivity contribution in [2.24, 2.45) is 0 Å². The first-order valence-electron chi connectivity index (χ1n) is 3.46. The van der Waals surface area contributed by atoms with E-state index in [9.17, 15) is 4.79 Å². The highest BCUT2D eigenvalue weighted by Gasteiger charge is 1.93. The molecule has 58 valence electrons. The summed E-state index contributed by atoms with van der Waals surface area (Å²) in [4.78, 5) is 12.3. The summed E-state index contributed by atoms with van der Waals surface area (Å²) in [6, 6.07) is 7.46. The van der Waals surface area contributed by atoms with Gasteiger partial charge in [0.2, 0.25) is 0 Å². The van der Waals surface area contributed by atoms with Crippen LogP contribution in [0.1, 0.15) is 10.4 Å². The molecule has 0 fully saturated rings. The van der Waals surface area contributed by atoms with Crippen molar-refractivity contribution in [1.82, 2.24) is 0 Å². The lowest BCUT2D eigenvalue weighted by Crippen LogP contribution is -2.08. The van der Waals surface area contributed by atoms with E-state index in [4.69, 9.17) is 0 Å². The second-order valence-electron chi connectivity index (χ2n) is 2.60. The predicted octanol–water partition coefficient (Wildman–Crippen LogP) is 1.57. The number of hydrogen-bond acceptors (Lipinski definition) is 2. The minimum atomic E-state index is 0.718. The van der Waals surface area contributed by atoms with E-state index < -0.39 is 0 Å². The minimum absolute atomic E-state index is 0.718. The van der Waals surface area contributed by atoms with Crippen LogP contribution in [0.25, 0.3) is 0 Å². The first-order valence-corrected chi connectivity index (χ1v) is 3.46. The normalized spacial score (nSPS) is 9.27. The number of rotatable bonds is 2. The van der Waals surface area contributed by atoms with Crippen molar-refractivity contribution in [3.63, 3.8) is 0 Å². The fourth-order valence-corrected chi connectivity index (χ4v) is 0.851. The average molecular weight is 151 g/mol. The van der Waals surface area contributed by atoms with Gasteiger partial charge >= 0.3 is 0 Å². The quantitative estimate of drug-likeness (QED) is 0.598. The molecule has 0 bridgehead atoms. The zero-order chi connectivity index (χ0) is 8.27. The number of aldehydes is 1. The van der Waals surface area contributed by atoms with E-state index in [0.29, 0.717) is 0 Å². The van der Waals surface area contributed by atoms with Gasteiger partial charge in [-0.25, -0.2) is 0 Å². The summed E-state index contributed by atoms with van der Waals surface area (Å²) < 4.78 is 0. The Kier molecular flexibility index (Phi) is 2.26. The van der Waals surface area contributed by atoms with E-state index >= 15 is 0 Å². The topological polar surface area (TPSA) is 20.3 Å². The van der Waals surface area contributed by atoms with Crippen molar-refractivity contribution < 1.29 is 4.79 Å². The highest BCUT2D eigenvalue weighted by molar-refractivity contribution is 5.75. The van der Waals surface area contributed by atoms with Gasteiger partial charge in [-0.3, -0.25) is 4.79 Å². The molecular weight excluding hydrogens is 140 g/mol. The third-order valence-corrected chi connectivity index (χ3v) is 1.55. The molecule has 0 saturated carbocycles. The molecule has 1 rings (SSSR count). The first kappa shape index (κ1) is 7.79. The Labute approximate surface area is 66.4 Å². The van der Waals surface area contributed by atoms with Crippen LogP contribution in [0, 0.1) is 0 Å². The Morgan fingerprint density at radius 2 is 1.73 bits per heavy atom. The van der Waals surface area contributed by atoms with Crippen LogP contribution in [0.15, 0.2) is 24.3 Å². The predicted molar refractivity (Wildman–Crippen MR) is 46.2 cm³/mol. The van der Waals surface area contributed by atoms with Crippen LogP contribution in [0.3, 0.4) is 0 Å². The van der Waals surface area contributed by atoms with Gasteiger partial charge in [0.25, 0.3) is 0 Å². The molecule has 0 aromatic heterocycles. The summed E-state index contributed by atoms with van der Waals surface area (Å²) in [5.74, 6) is 0. The Bertz CT molecular complexity index is 238. The third-order valence-electron chi connectivity index (χ3n) is 1.55. The number of anilines is 1. The molecule has 2 heteroatoms. The first-order chi connectivity index (χ1) is 5.24. The molecule has 1 aromatic carbocycles. The summed E-state index contributed by atoms with van der Waals surface area (Å²) in [6.07, 6.45) is 0.847. The third kappa shape index (κ3) is 1.80. The molecule has 0 aliphatic rings. The molecule has 0 aliphatic carbocycles. The van der Waals surface area contributed by atoms with E-state index in [-0.39, 0.29) is 0 Å². The summed E-state index contributed by atoms with van der Waals surface area (Å²) in [5, 5.41) is 0. The fourth-order valence-electron chi connectivity index (χ4n) is 0.851. The van der Waals surface area contributed by atoms with E-state index in [2.05, 4.69) is 0 Å². The molecule has 2 nitrogen and oxygen atoms in total. The summed E-state index contributed by atoms with van der Waals surface area (Å²) in [7, 11) is 3.94. The second kappa shape index (κ2) is 3.19. The van der Waals surface area contributed by atoms with Gasteiger partial charge in [0.15, 0.2) is 0 Å². The van der Waals surface area contributed by atoms with Crippen LogP contribution in [0.5, 0.6) is 0 Å². The van der Waals surface area contributed by atoms with Gasteiger partial charge in [0, 0.05) is 25.3 Å². The number of carbonyl (C=O) groups excluding carboxylic acids is 1. The van der Waals surface area contributed by atoms with Crippen LogP contribution in [-0.2, 0) is 0 Å². The molecule has 0 atom stereocenters.